The van der Waals surface area contributed by atoms with Gasteiger partial charge in [0.05, 0.1) is 5.56 Å². The summed E-state index contributed by atoms with van der Waals surface area (Å²) in [6, 6.07) is 5.35. The van der Waals surface area contributed by atoms with Crippen molar-refractivity contribution in [3.8, 4) is 0 Å². The SMILES string of the molecule is CCc1nnc(SCc2cccc(C(F)(F)F)c2)n1C. The van der Waals surface area contributed by atoms with E-state index in [1.54, 1.807) is 6.07 Å². The van der Waals surface area contributed by atoms with Crippen LogP contribution in [-0.4, -0.2) is 14.8 Å². The summed E-state index contributed by atoms with van der Waals surface area (Å²) in [6.07, 6.45) is -3.53. The predicted molar refractivity (Wildman–Crippen MR) is 71.4 cm³/mol. The standard InChI is InChI=1S/C13H14F3N3S/c1-3-11-17-18-12(19(11)2)20-8-9-5-4-6-10(7-9)13(14,15)16/h4-7H,3,8H2,1-2H3. The summed E-state index contributed by atoms with van der Waals surface area (Å²) >= 11 is 1.38. The average Bonchev–Trinajstić information content (AvgIpc) is 2.76. The van der Waals surface area contributed by atoms with E-state index in [-0.39, 0.29) is 0 Å². The lowest BCUT2D eigenvalue weighted by atomic mass is 10.1. The first-order valence-corrected chi connectivity index (χ1v) is 7.07. The molecule has 0 unspecified atom stereocenters. The van der Waals surface area contributed by atoms with Gasteiger partial charge in [-0.1, -0.05) is 36.9 Å². The molecular weight excluding hydrogens is 287 g/mol. The van der Waals surface area contributed by atoms with E-state index in [9.17, 15) is 13.2 Å². The second-order valence-corrected chi connectivity index (χ2v) is 5.24. The maximum Gasteiger partial charge on any atom is 0.416 e. The molecule has 0 amide bonds. The van der Waals surface area contributed by atoms with Crippen molar-refractivity contribution in [3.05, 3.63) is 41.2 Å². The molecule has 1 heterocycles. The van der Waals surface area contributed by atoms with Crippen LogP contribution in [0.15, 0.2) is 29.4 Å². The summed E-state index contributed by atoms with van der Waals surface area (Å²) in [5.74, 6) is 1.29. The molecule has 0 saturated heterocycles. The van der Waals surface area contributed by atoms with Crippen LogP contribution in [-0.2, 0) is 25.4 Å². The third-order valence-corrected chi connectivity index (χ3v) is 3.95. The van der Waals surface area contributed by atoms with Crippen molar-refractivity contribution in [2.24, 2.45) is 7.05 Å². The first-order chi connectivity index (χ1) is 9.41. The van der Waals surface area contributed by atoms with E-state index in [0.29, 0.717) is 16.5 Å². The van der Waals surface area contributed by atoms with E-state index in [1.165, 1.54) is 23.9 Å². The van der Waals surface area contributed by atoms with E-state index in [1.807, 2.05) is 18.5 Å². The number of rotatable bonds is 4. The van der Waals surface area contributed by atoms with E-state index in [4.69, 9.17) is 0 Å². The lowest BCUT2D eigenvalue weighted by Gasteiger charge is -2.08. The van der Waals surface area contributed by atoms with Gasteiger partial charge in [-0.25, -0.2) is 0 Å². The van der Waals surface area contributed by atoms with Crippen LogP contribution in [0.4, 0.5) is 13.2 Å². The Kier molecular flexibility index (Phi) is 4.37. The highest BCUT2D eigenvalue weighted by atomic mass is 32.2. The fourth-order valence-electron chi connectivity index (χ4n) is 1.76. The van der Waals surface area contributed by atoms with E-state index in [0.717, 1.165) is 18.3 Å². The molecule has 0 radical (unpaired) electrons. The molecule has 0 N–H and O–H groups in total. The summed E-state index contributed by atoms with van der Waals surface area (Å²) in [5, 5.41) is 8.75. The van der Waals surface area contributed by atoms with Crippen molar-refractivity contribution < 1.29 is 13.2 Å². The summed E-state index contributed by atoms with van der Waals surface area (Å²) in [4.78, 5) is 0. The van der Waals surface area contributed by atoms with Gasteiger partial charge in [-0.3, -0.25) is 0 Å². The van der Waals surface area contributed by atoms with Gasteiger partial charge in [-0.2, -0.15) is 13.2 Å². The van der Waals surface area contributed by atoms with Gasteiger partial charge in [-0.15, -0.1) is 10.2 Å². The van der Waals surface area contributed by atoms with Crippen molar-refractivity contribution in [2.75, 3.05) is 0 Å². The van der Waals surface area contributed by atoms with Crippen LogP contribution < -0.4 is 0 Å². The third kappa shape index (κ3) is 3.33. The molecule has 0 atom stereocenters. The first kappa shape index (κ1) is 14.9. The highest BCUT2D eigenvalue weighted by Gasteiger charge is 2.30. The highest BCUT2D eigenvalue weighted by Crippen LogP contribution is 2.31. The molecule has 0 aliphatic rings. The minimum Gasteiger partial charge on any atom is -0.309 e. The molecule has 1 aromatic carbocycles. The maximum absolute atomic E-state index is 12.6. The van der Waals surface area contributed by atoms with Crippen LogP contribution in [0.25, 0.3) is 0 Å². The van der Waals surface area contributed by atoms with Crippen LogP contribution >= 0.6 is 11.8 Å². The topological polar surface area (TPSA) is 30.7 Å². The molecule has 0 aliphatic carbocycles. The zero-order valence-electron chi connectivity index (χ0n) is 11.1. The number of hydrogen-bond acceptors (Lipinski definition) is 3. The number of thioether (sulfide) groups is 1. The molecule has 0 aliphatic heterocycles. The molecule has 2 aromatic rings. The van der Waals surface area contributed by atoms with Crippen LogP contribution in [0, 0.1) is 0 Å². The lowest BCUT2D eigenvalue weighted by molar-refractivity contribution is -0.137. The normalized spacial score (nSPS) is 11.8. The second-order valence-electron chi connectivity index (χ2n) is 4.30. The number of hydrogen-bond donors (Lipinski definition) is 0. The Hall–Kier alpha value is -1.50. The van der Waals surface area contributed by atoms with Gasteiger partial charge < -0.3 is 4.57 Å². The highest BCUT2D eigenvalue weighted by molar-refractivity contribution is 7.98. The van der Waals surface area contributed by atoms with Crippen molar-refractivity contribution in [2.45, 2.75) is 30.4 Å². The van der Waals surface area contributed by atoms with Gasteiger partial charge >= 0.3 is 6.18 Å². The second kappa shape index (κ2) is 5.87. The molecule has 0 spiro atoms. The largest absolute Gasteiger partial charge is 0.416 e. The maximum atomic E-state index is 12.6. The molecule has 3 nitrogen and oxygen atoms in total. The minimum atomic E-state index is -4.30. The molecule has 108 valence electrons. The summed E-state index contributed by atoms with van der Waals surface area (Å²) in [7, 11) is 1.85. The molecule has 0 saturated carbocycles. The van der Waals surface area contributed by atoms with Crippen LogP contribution in [0.5, 0.6) is 0 Å². The van der Waals surface area contributed by atoms with Crippen LogP contribution in [0.2, 0.25) is 0 Å². The number of aryl methyl sites for hydroxylation is 1. The van der Waals surface area contributed by atoms with Crippen LogP contribution in [0.3, 0.4) is 0 Å². The van der Waals surface area contributed by atoms with Gasteiger partial charge in [0.2, 0.25) is 0 Å². The smallest absolute Gasteiger partial charge is 0.309 e. The fourth-order valence-corrected chi connectivity index (χ4v) is 2.64. The number of benzene rings is 1. The molecular formula is C13H14F3N3S. The average molecular weight is 301 g/mol. The van der Waals surface area contributed by atoms with Crippen molar-refractivity contribution in [1.29, 1.82) is 0 Å². The number of nitrogens with zero attached hydrogens (tertiary/aromatic N) is 3. The zero-order valence-corrected chi connectivity index (χ0v) is 11.9. The van der Waals surface area contributed by atoms with Gasteiger partial charge in [0.1, 0.15) is 5.82 Å². The van der Waals surface area contributed by atoms with Gasteiger partial charge in [0.25, 0.3) is 0 Å². The Morgan fingerprint density at radius 2 is 2.00 bits per heavy atom. The molecule has 7 heteroatoms. The Balaban J connectivity index is 2.09. The Bertz CT molecular complexity index is 593. The van der Waals surface area contributed by atoms with Crippen LogP contribution in [0.1, 0.15) is 23.9 Å². The third-order valence-electron chi connectivity index (χ3n) is 2.86. The van der Waals surface area contributed by atoms with Crippen molar-refractivity contribution in [1.82, 2.24) is 14.8 Å². The Morgan fingerprint density at radius 1 is 1.25 bits per heavy atom. The first-order valence-electron chi connectivity index (χ1n) is 6.09. The zero-order chi connectivity index (χ0) is 14.8. The number of aromatic nitrogens is 3. The van der Waals surface area contributed by atoms with Gasteiger partial charge in [0, 0.05) is 19.2 Å². The summed E-state index contributed by atoms with van der Waals surface area (Å²) in [6.45, 7) is 1.98. The molecule has 1 aromatic heterocycles. The fraction of sp³-hybridized carbons (Fsp3) is 0.385. The Morgan fingerprint density at radius 3 is 2.60 bits per heavy atom. The van der Waals surface area contributed by atoms with Gasteiger partial charge in [-0.05, 0) is 11.6 Å². The molecule has 0 fully saturated rings. The summed E-state index contributed by atoms with van der Waals surface area (Å²) in [5.41, 5.74) is -0.00585. The monoisotopic (exact) mass is 301 g/mol. The van der Waals surface area contributed by atoms with E-state index in [2.05, 4.69) is 10.2 Å². The van der Waals surface area contributed by atoms with Gasteiger partial charge in [0.15, 0.2) is 5.16 Å². The molecule has 2 rings (SSSR count). The Labute approximate surface area is 119 Å². The quantitative estimate of drug-likeness (QED) is 0.807. The predicted octanol–water partition coefficient (Wildman–Crippen LogP) is 3.69. The van der Waals surface area contributed by atoms with E-state index < -0.39 is 11.7 Å². The number of alkyl halides is 3. The number of halogens is 3. The summed E-state index contributed by atoms with van der Waals surface area (Å²) < 4.78 is 39.7. The van der Waals surface area contributed by atoms with Crippen molar-refractivity contribution in [3.63, 3.8) is 0 Å². The lowest BCUT2D eigenvalue weighted by Crippen LogP contribution is -2.05. The minimum absolute atomic E-state index is 0.430. The van der Waals surface area contributed by atoms with E-state index >= 15 is 0 Å². The molecule has 20 heavy (non-hydrogen) atoms. The van der Waals surface area contributed by atoms with Crippen molar-refractivity contribution >= 4 is 11.8 Å². The molecule has 0 bridgehead atoms.